The van der Waals surface area contributed by atoms with Gasteiger partial charge in [0.05, 0.1) is 7.11 Å². The maximum absolute atomic E-state index is 12.3. The van der Waals surface area contributed by atoms with Gasteiger partial charge in [0.2, 0.25) is 10.0 Å². The van der Waals surface area contributed by atoms with Gasteiger partial charge >= 0.3 is 0 Å². The van der Waals surface area contributed by atoms with Crippen molar-refractivity contribution in [3.8, 4) is 5.75 Å². The van der Waals surface area contributed by atoms with Crippen molar-refractivity contribution in [2.24, 2.45) is 11.8 Å². The Hall–Kier alpha value is -0.590. The molecule has 6 heteroatoms. The topological polar surface area (TPSA) is 55.4 Å². The van der Waals surface area contributed by atoms with Crippen LogP contribution in [0.1, 0.15) is 19.8 Å². The molecule has 0 aromatic heterocycles. The predicted molar refractivity (Wildman–Crippen MR) is 77.8 cm³/mol. The minimum absolute atomic E-state index is 0.173. The molecule has 1 atom stereocenters. The van der Waals surface area contributed by atoms with Gasteiger partial charge in [-0.1, -0.05) is 22.9 Å². The monoisotopic (exact) mass is 347 g/mol. The molecule has 0 spiro atoms. The first-order chi connectivity index (χ1) is 8.94. The summed E-state index contributed by atoms with van der Waals surface area (Å²) >= 11 is 3.28. The van der Waals surface area contributed by atoms with Crippen LogP contribution in [-0.2, 0) is 10.0 Å². The van der Waals surface area contributed by atoms with Gasteiger partial charge in [-0.3, -0.25) is 0 Å². The van der Waals surface area contributed by atoms with E-state index in [1.54, 1.807) is 18.2 Å². The average Bonchev–Trinajstić information content (AvgIpc) is 3.20. The molecule has 1 N–H and O–H groups in total. The van der Waals surface area contributed by atoms with Crippen LogP contribution in [0, 0.1) is 11.8 Å². The van der Waals surface area contributed by atoms with Crippen LogP contribution < -0.4 is 9.46 Å². The molecular weight excluding hydrogens is 330 g/mol. The van der Waals surface area contributed by atoms with E-state index in [4.69, 9.17) is 4.74 Å². The van der Waals surface area contributed by atoms with E-state index in [1.807, 2.05) is 0 Å². The van der Waals surface area contributed by atoms with Gasteiger partial charge in [0.15, 0.2) is 0 Å². The third kappa shape index (κ3) is 3.70. The summed E-state index contributed by atoms with van der Waals surface area (Å²) in [4.78, 5) is 0.173. The molecule has 1 aromatic carbocycles. The van der Waals surface area contributed by atoms with Gasteiger partial charge in [-0.2, -0.15) is 0 Å². The van der Waals surface area contributed by atoms with E-state index in [1.165, 1.54) is 20.0 Å². The lowest BCUT2D eigenvalue weighted by molar-refractivity contribution is 0.401. The van der Waals surface area contributed by atoms with Gasteiger partial charge < -0.3 is 4.74 Å². The summed E-state index contributed by atoms with van der Waals surface area (Å²) in [6, 6.07) is 4.95. The Morgan fingerprint density at radius 3 is 2.74 bits per heavy atom. The van der Waals surface area contributed by atoms with Crippen LogP contribution in [0.4, 0.5) is 0 Å². The van der Waals surface area contributed by atoms with Crippen molar-refractivity contribution in [3.63, 3.8) is 0 Å². The zero-order valence-electron chi connectivity index (χ0n) is 11.0. The molecule has 4 nitrogen and oxygen atoms in total. The first-order valence-corrected chi connectivity index (χ1v) is 8.55. The first-order valence-electron chi connectivity index (χ1n) is 6.27. The maximum Gasteiger partial charge on any atom is 0.244 e. The molecule has 0 saturated heterocycles. The lowest BCUT2D eigenvalue weighted by Gasteiger charge is -2.14. The number of benzene rings is 1. The number of ether oxygens (including phenoxy) is 1. The summed E-state index contributed by atoms with van der Waals surface area (Å²) in [5, 5.41) is 0. The summed E-state index contributed by atoms with van der Waals surface area (Å²) in [6.07, 6.45) is 2.42. The lowest BCUT2D eigenvalue weighted by Crippen LogP contribution is -2.29. The highest BCUT2D eigenvalue weighted by atomic mass is 79.9. The summed E-state index contributed by atoms with van der Waals surface area (Å²) in [5.74, 6) is 1.41. The SMILES string of the molecule is COc1ccc(Br)cc1S(=O)(=O)NCC(C)C1CC1. The maximum atomic E-state index is 12.3. The van der Waals surface area contributed by atoms with E-state index < -0.39 is 10.0 Å². The highest BCUT2D eigenvalue weighted by Gasteiger charge is 2.29. The second-order valence-corrected chi connectivity index (χ2v) is 7.61. The van der Waals surface area contributed by atoms with Crippen molar-refractivity contribution in [2.75, 3.05) is 13.7 Å². The van der Waals surface area contributed by atoms with Crippen molar-refractivity contribution >= 4 is 26.0 Å². The van der Waals surface area contributed by atoms with Gasteiger partial charge in [0.25, 0.3) is 0 Å². The zero-order chi connectivity index (χ0) is 14.0. The lowest BCUT2D eigenvalue weighted by atomic mass is 10.1. The van der Waals surface area contributed by atoms with Gasteiger partial charge in [-0.05, 0) is 42.9 Å². The summed E-state index contributed by atoms with van der Waals surface area (Å²) in [7, 11) is -2.06. The molecule has 1 aliphatic rings. The minimum atomic E-state index is -3.53. The third-order valence-corrected chi connectivity index (χ3v) is 5.38. The van der Waals surface area contributed by atoms with E-state index in [0.717, 1.165) is 0 Å². The second kappa shape index (κ2) is 5.81. The van der Waals surface area contributed by atoms with Crippen LogP contribution in [0.3, 0.4) is 0 Å². The molecule has 1 aliphatic carbocycles. The fraction of sp³-hybridized carbons (Fsp3) is 0.538. The van der Waals surface area contributed by atoms with E-state index >= 15 is 0 Å². The van der Waals surface area contributed by atoms with Crippen LogP contribution in [0.2, 0.25) is 0 Å². The Bertz CT molecular complexity index is 555. The number of methoxy groups -OCH3 is 1. The fourth-order valence-corrected chi connectivity index (χ4v) is 3.86. The Labute approximate surface area is 122 Å². The molecule has 1 saturated carbocycles. The van der Waals surface area contributed by atoms with Gasteiger partial charge in [0.1, 0.15) is 10.6 Å². The van der Waals surface area contributed by atoms with E-state index in [0.29, 0.717) is 28.6 Å². The standard InChI is InChI=1S/C13H18BrNO3S/c1-9(10-3-4-10)8-15-19(16,17)13-7-11(14)5-6-12(13)18-2/h5-7,9-10,15H,3-4,8H2,1-2H3. The highest BCUT2D eigenvalue weighted by molar-refractivity contribution is 9.10. The molecule has 1 fully saturated rings. The van der Waals surface area contributed by atoms with Crippen LogP contribution in [0.5, 0.6) is 5.75 Å². The van der Waals surface area contributed by atoms with Crippen molar-refractivity contribution < 1.29 is 13.2 Å². The highest BCUT2D eigenvalue weighted by Crippen LogP contribution is 2.36. The second-order valence-electron chi connectivity index (χ2n) is 4.96. The van der Waals surface area contributed by atoms with Crippen LogP contribution in [0.15, 0.2) is 27.6 Å². The Balaban J connectivity index is 2.15. The quantitative estimate of drug-likeness (QED) is 0.860. The van der Waals surface area contributed by atoms with Gasteiger partial charge in [0, 0.05) is 11.0 Å². The van der Waals surface area contributed by atoms with E-state index in [2.05, 4.69) is 27.6 Å². The number of halogens is 1. The van der Waals surface area contributed by atoms with Gasteiger partial charge in [-0.25, -0.2) is 13.1 Å². The largest absolute Gasteiger partial charge is 0.495 e. The van der Waals surface area contributed by atoms with Crippen molar-refractivity contribution in [1.29, 1.82) is 0 Å². The summed E-state index contributed by atoms with van der Waals surface area (Å²) in [6.45, 7) is 2.56. The summed E-state index contributed by atoms with van der Waals surface area (Å²) in [5.41, 5.74) is 0. The molecule has 19 heavy (non-hydrogen) atoms. The van der Waals surface area contributed by atoms with Crippen LogP contribution in [0.25, 0.3) is 0 Å². The number of hydrogen-bond acceptors (Lipinski definition) is 3. The normalized spacial score (nSPS) is 17.2. The average molecular weight is 348 g/mol. The number of nitrogens with one attached hydrogen (secondary N) is 1. The van der Waals surface area contributed by atoms with Crippen LogP contribution in [-0.4, -0.2) is 22.1 Å². The van der Waals surface area contributed by atoms with Crippen molar-refractivity contribution in [3.05, 3.63) is 22.7 Å². The molecule has 2 rings (SSSR count). The molecule has 0 bridgehead atoms. The molecule has 1 unspecified atom stereocenters. The number of hydrogen-bond donors (Lipinski definition) is 1. The van der Waals surface area contributed by atoms with Crippen molar-refractivity contribution in [1.82, 2.24) is 4.72 Å². The number of sulfonamides is 1. The number of rotatable bonds is 6. The van der Waals surface area contributed by atoms with Gasteiger partial charge in [-0.15, -0.1) is 0 Å². The Morgan fingerprint density at radius 1 is 1.47 bits per heavy atom. The molecule has 0 aliphatic heterocycles. The molecular formula is C13H18BrNO3S. The predicted octanol–water partition coefficient (Wildman–Crippen LogP) is 2.78. The van der Waals surface area contributed by atoms with E-state index in [-0.39, 0.29) is 4.90 Å². The smallest absolute Gasteiger partial charge is 0.244 e. The molecule has 0 amide bonds. The first kappa shape index (κ1) is 14.8. The van der Waals surface area contributed by atoms with Crippen LogP contribution >= 0.6 is 15.9 Å². The zero-order valence-corrected chi connectivity index (χ0v) is 13.4. The Morgan fingerprint density at radius 2 is 2.16 bits per heavy atom. The molecule has 0 radical (unpaired) electrons. The van der Waals surface area contributed by atoms with E-state index in [9.17, 15) is 8.42 Å². The Kier molecular flexibility index (Phi) is 4.53. The van der Waals surface area contributed by atoms with Crippen molar-refractivity contribution in [2.45, 2.75) is 24.7 Å². The fourth-order valence-electron chi connectivity index (χ4n) is 2.01. The minimum Gasteiger partial charge on any atom is -0.495 e. The summed E-state index contributed by atoms with van der Waals surface area (Å²) < 4.78 is 33.1. The molecule has 0 heterocycles. The molecule has 106 valence electrons. The third-order valence-electron chi connectivity index (χ3n) is 3.44. The molecule has 1 aromatic rings.